The summed E-state index contributed by atoms with van der Waals surface area (Å²) in [5, 5.41) is 3.39. The lowest BCUT2D eigenvalue weighted by molar-refractivity contribution is -0.127. The molecule has 1 amide bonds. The summed E-state index contributed by atoms with van der Waals surface area (Å²) in [5.41, 5.74) is 0. The summed E-state index contributed by atoms with van der Waals surface area (Å²) in [5.74, 6) is 0.0553. The molecule has 0 spiro atoms. The maximum atomic E-state index is 12.3. The van der Waals surface area contributed by atoms with Crippen molar-refractivity contribution >= 4 is 27.5 Å². The van der Waals surface area contributed by atoms with E-state index >= 15 is 0 Å². The second-order valence-corrected chi connectivity index (χ2v) is 7.50. The predicted molar refractivity (Wildman–Crippen MR) is 72.5 cm³/mol. The van der Waals surface area contributed by atoms with Crippen LogP contribution >= 0.6 is 11.6 Å². The molecule has 0 radical (unpaired) electrons. The highest BCUT2D eigenvalue weighted by Crippen LogP contribution is 2.49. The van der Waals surface area contributed by atoms with E-state index in [4.69, 9.17) is 11.6 Å². The van der Waals surface area contributed by atoms with Gasteiger partial charge in [0.05, 0.1) is 0 Å². The van der Waals surface area contributed by atoms with Crippen molar-refractivity contribution in [3.8, 4) is 0 Å². The fourth-order valence-corrected chi connectivity index (χ4v) is 4.00. The second kappa shape index (κ2) is 4.68. The van der Waals surface area contributed by atoms with E-state index in [-0.39, 0.29) is 33.7 Å². The summed E-state index contributed by atoms with van der Waals surface area (Å²) in [7, 11) is -2.55. The van der Waals surface area contributed by atoms with Crippen LogP contribution in [0.15, 0.2) is 23.2 Å². The van der Waals surface area contributed by atoms with E-state index in [1.807, 2.05) is 0 Å². The lowest BCUT2D eigenvalue weighted by atomic mass is 10.2. The number of hydrogen-bond acceptors (Lipinski definition) is 5. The number of nitrogens with zero attached hydrogens (tertiary/aromatic N) is 2. The molecule has 2 heterocycles. The molecule has 1 aliphatic carbocycles. The zero-order chi connectivity index (χ0) is 14.5. The summed E-state index contributed by atoms with van der Waals surface area (Å²) >= 11 is 5.64. The maximum absolute atomic E-state index is 12.3. The van der Waals surface area contributed by atoms with Gasteiger partial charge in [-0.05, 0) is 37.1 Å². The number of sulfonamides is 1. The highest BCUT2D eigenvalue weighted by atomic mass is 35.5. The largest absolute Gasteiger partial charge is 0.316 e. The minimum Gasteiger partial charge on any atom is -0.316 e. The SMILES string of the molecule is CN(C(=O)C1C2CNCC21)S(=O)(=O)c1ccc(Cl)nc1. The smallest absolute Gasteiger partial charge is 0.267 e. The van der Waals surface area contributed by atoms with Crippen LogP contribution in [0.5, 0.6) is 0 Å². The highest BCUT2D eigenvalue weighted by molar-refractivity contribution is 7.89. The van der Waals surface area contributed by atoms with Gasteiger partial charge in [0, 0.05) is 19.2 Å². The quantitative estimate of drug-likeness (QED) is 0.814. The molecule has 0 bridgehead atoms. The molecule has 6 nitrogen and oxygen atoms in total. The molecule has 108 valence electrons. The van der Waals surface area contributed by atoms with E-state index in [1.54, 1.807) is 0 Å². The van der Waals surface area contributed by atoms with Crippen molar-refractivity contribution in [3.05, 3.63) is 23.5 Å². The number of carbonyl (C=O) groups is 1. The van der Waals surface area contributed by atoms with E-state index in [0.717, 1.165) is 23.6 Å². The van der Waals surface area contributed by atoms with Gasteiger partial charge >= 0.3 is 0 Å². The first-order valence-corrected chi connectivity index (χ1v) is 8.10. The highest BCUT2D eigenvalue weighted by Gasteiger charge is 2.58. The van der Waals surface area contributed by atoms with Crippen LogP contribution in [0.25, 0.3) is 0 Å². The molecule has 2 unspecified atom stereocenters. The summed E-state index contributed by atoms with van der Waals surface area (Å²) in [4.78, 5) is 16.0. The molecule has 1 N–H and O–H groups in total. The maximum Gasteiger partial charge on any atom is 0.267 e. The van der Waals surface area contributed by atoms with E-state index in [0.29, 0.717) is 0 Å². The summed E-state index contributed by atoms with van der Waals surface area (Å²) in [6.07, 6.45) is 1.16. The molecular weight excluding hydrogens is 302 g/mol. The summed E-state index contributed by atoms with van der Waals surface area (Å²) in [6, 6.07) is 2.74. The second-order valence-electron chi connectivity index (χ2n) is 5.14. The molecule has 1 saturated carbocycles. The first-order valence-electron chi connectivity index (χ1n) is 6.28. The Morgan fingerprint density at radius 2 is 2.05 bits per heavy atom. The van der Waals surface area contributed by atoms with Crippen LogP contribution < -0.4 is 5.32 Å². The van der Waals surface area contributed by atoms with Gasteiger partial charge in [0.2, 0.25) is 5.91 Å². The van der Waals surface area contributed by atoms with Gasteiger partial charge in [-0.1, -0.05) is 11.6 Å². The molecular formula is C12H14ClN3O3S. The van der Waals surface area contributed by atoms with Gasteiger partial charge in [0.15, 0.2) is 0 Å². The van der Waals surface area contributed by atoms with Gasteiger partial charge in [-0.15, -0.1) is 0 Å². The van der Waals surface area contributed by atoms with Crippen LogP contribution in [0.2, 0.25) is 5.15 Å². The predicted octanol–water partition coefficient (Wildman–Crippen LogP) is 0.347. The van der Waals surface area contributed by atoms with E-state index < -0.39 is 10.0 Å². The van der Waals surface area contributed by atoms with Crippen molar-refractivity contribution in [1.82, 2.24) is 14.6 Å². The van der Waals surface area contributed by atoms with Crippen molar-refractivity contribution in [2.75, 3.05) is 20.1 Å². The fraction of sp³-hybridized carbons (Fsp3) is 0.500. The zero-order valence-electron chi connectivity index (χ0n) is 10.8. The van der Waals surface area contributed by atoms with Crippen molar-refractivity contribution < 1.29 is 13.2 Å². The minimum atomic E-state index is -3.85. The lowest BCUT2D eigenvalue weighted by Crippen LogP contribution is -2.36. The molecule has 2 atom stereocenters. The molecule has 1 aromatic rings. The van der Waals surface area contributed by atoms with Gasteiger partial charge in [-0.25, -0.2) is 17.7 Å². The van der Waals surface area contributed by atoms with E-state index in [1.165, 1.54) is 19.2 Å². The van der Waals surface area contributed by atoms with Crippen LogP contribution in [0, 0.1) is 17.8 Å². The van der Waals surface area contributed by atoms with Crippen LogP contribution in [0.4, 0.5) is 0 Å². The van der Waals surface area contributed by atoms with Gasteiger partial charge in [0.25, 0.3) is 10.0 Å². The molecule has 2 fully saturated rings. The van der Waals surface area contributed by atoms with Crippen LogP contribution in [-0.4, -0.2) is 43.8 Å². The van der Waals surface area contributed by atoms with Crippen LogP contribution in [0.1, 0.15) is 0 Å². The molecule has 1 aliphatic heterocycles. The zero-order valence-corrected chi connectivity index (χ0v) is 12.4. The molecule has 2 aliphatic rings. The molecule has 20 heavy (non-hydrogen) atoms. The Morgan fingerprint density at radius 3 is 2.60 bits per heavy atom. The van der Waals surface area contributed by atoms with Gasteiger partial charge in [-0.3, -0.25) is 4.79 Å². The Kier molecular flexibility index (Phi) is 3.23. The average molecular weight is 316 g/mol. The lowest BCUT2D eigenvalue weighted by Gasteiger charge is -2.18. The minimum absolute atomic E-state index is 0.0262. The number of aromatic nitrogens is 1. The molecule has 3 rings (SSSR count). The average Bonchev–Trinajstić information content (AvgIpc) is 2.90. The molecule has 0 aromatic carbocycles. The first-order chi connectivity index (χ1) is 9.43. The topological polar surface area (TPSA) is 79.4 Å². The number of nitrogens with one attached hydrogen (secondary N) is 1. The third kappa shape index (κ3) is 2.10. The first kappa shape index (κ1) is 13.8. The van der Waals surface area contributed by atoms with Crippen LogP contribution in [0.3, 0.4) is 0 Å². The Bertz CT molecular complexity index is 636. The normalized spacial score (nSPS) is 28.0. The number of carbonyl (C=O) groups excluding carboxylic acids is 1. The monoisotopic (exact) mass is 315 g/mol. The van der Waals surface area contributed by atoms with Gasteiger partial charge in [0.1, 0.15) is 10.0 Å². The third-order valence-corrected chi connectivity index (χ3v) is 6.01. The Morgan fingerprint density at radius 1 is 1.40 bits per heavy atom. The summed E-state index contributed by atoms with van der Waals surface area (Å²) < 4.78 is 25.5. The number of halogens is 1. The van der Waals surface area contributed by atoms with Crippen molar-refractivity contribution in [3.63, 3.8) is 0 Å². The van der Waals surface area contributed by atoms with Crippen LogP contribution in [-0.2, 0) is 14.8 Å². The number of amides is 1. The molecule has 1 aromatic heterocycles. The van der Waals surface area contributed by atoms with Crippen molar-refractivity contribution in [2.45, 2.75) is 4.90 Å². The van der Waals surface area contributed by atoms with Crippen molar-refractivity contribution in [1.29, 1.82) is 0 Å². The number of pyridine rings is 1. The van der Waals surface area contributed by atoms with Crippen molar-refractivity contribution in [2.24, 2.45) is 17.8 Å². The fourth-order valence-electron chi connectivity index (χ4n) is 2.79. The standard InChI is InChI=1S/C12H14ClN3O3S/c1-16(12(17)11-8-5-14-6-9(8)11)20(18,19)7-2-3-10(13)15-4-7/h2-4,8-9,11,14H,5-6H2,1H3. The summed E-state index contributed by atoms with van der Waals surface area (Å²) in [6.45, 7) is 1.58. The number of hydrogen-bond donors (Lipinski definition) is 1. The number of piperidine rings is 1. The molecule has 1 saturated heterocycles. The van der Waals surface area contributed by atoms with Gasteiger partial charge < -0.3 is 5.32 Å². The van der Waals surface area contributed by atoms with E-state index in [9.17, 15) is 13.2 Å². The Labute approximate surface area is 122 Å². The molecule has 8 heteroatoms. The third-order valence-electron chi connectivity index (χ3n) is 4.05. The van der Waals surface area contributed by atoms with Gasteiger partial charge in [-0.2, -0.15) is 0 Å². The Hall–Kier alpha value is -1.18. The number of rotatable bonds is 3. The van der Waals surface area contributed by atoms with E-state index in [2.05, 4.69) is 10.3 Å². The number of fused-ring (bicyclic) bond motifs is 1. The Balaban J connectivity index is 1.80.